The van der Waals surface area contributed by atoms with Gasteiger partial charge in [0.1, 0.15) is 5.65 Å². The summed E-state index contributed by atoms with van der Waals surface area (Å²) in [5.41, 5.74) is 4.08. The summed E-state index contributed by atoms with van der Waals surface area (Å²) in [6.45, 7) is 1.42. The molecule has 0 fully saturated rings. The number of pyridine rings is 1. The van der Waals surface area contributed by atoms with Gasteiger partial charge in [-0.1, -0.05) is 42.5 Å². The summed E-state index contributed by atoms with van der Waals surface area (Å²) < 4.78 is 2.10. The highest BCUT2D eigenvalue weighted by molar-refractivity contribution is 6.14. The van der Waals surface area contributed by atoms with Crippen LogP contribution in [0.2, 0.25) is 0 Å². The Morgan fingerprint density at radius 3 is 2.06 bits per heavy atom. The first kappa shape index (κ1) is 18.3. The molecule has 0 saturated carbocycles. The summed E-state index contributed by atoms with van der Waals surface area (Å²) in [4.78, 5) is 4.85. The van der Waals surface area contributed by atoms with Gasteiger partial charge in [0.05, 0.1) is 22.1 Å². The number of aromatic hydroxyl groups is 4. The van der Waals surface area contributed by atoms with E-state index in [1.807, 2.05) is 60.7 Å². The van der Waals surface area contributed by atoms with Crippen LogP contribution in [0.3, 0.4) is 0 Å². The molecule has 6 heteroatoms. The summed E-state index contributed by atoms with van der Waals surface area (Å²) in [6, 6.07) is 21.3. The standard InChI is InChI=1S/C26H18N2O4/c1-13-22(29)24(31)21(25(32)23(13)30)14-10-11-19-17(12-14)15-6-2-3-7-16(15)26-27-18-8-4-5-9-20(18)28(19)26/h2-12,29-32H,1H3. The van der Waals surface area contributed by atoms with Gasteiger partial charge in [0.15, 0.2) is 23.0 Å². The summed E-state index contributed by atoms with van der Waals surface area (Å²) in [6.07, 6.45) is 0. The third kappa shape index (κ3) is 2.26. The quantitative estimate of drug-likeness (QED) is 0.157. The molecule has 6 nitrogen and oxygen atoms in total. The number of fused-ring (bicyclic) bond motifs is 8. The van der Waals surface area contributed by atoms with E-state index in [1.165, 1.54) is 6.92 Å². The second-order valence-electron chi connectivity index (χ2n) is 7.93. The number of para-hydroxylation sites is 2. The van der Waals surface area contributed by atoms with Gasteiger partial charge in [0, 0.05) is 16.3 Å². The van der Waals surface area contributed by atoms with E-state index in [1.54, 1.807) is 6.07 Å². The number of hydrogen-bond donors (Lipinski definition) is 4. The van der Waals surface area contributed by atoms with Crippen molar-refractivity contribution >= 4 is 38.4 Å². The third-order valence-corrected chi connectivity index (χ3v) is 6.18. The molecule has 2 heterocycles. The van der Waals surface area contributed by atoms with Gasteiger partial charge in [-0.3, -0.25) is 4.40 Å². The van der Waals surface area contributed by atoms with E-state index in [4.69, 9.17) is 4.98 Å². The van der Waals surface area contributed by atoms with Crippen molar-refractivity contribution in [3.05, 3.63) is 72.3 Å². The van der Waals surface area contributed by atoms with E-state index in [0.717, 1.165) is 38.4 Å². The first-order valence-electron chi connectivity index (χ1n) is 10.2. The lowest BCUT2D eigenvalue weighted by Gasteiger charge is -2.15. The highest BCUT2D eigenvalue weighted by Crippen LogP contribution is 2.51. The third-order valence-electron chi connectivity index (χ3n) is 6.18. The molecule has 4 N–H and O–H groups in total. The number of nitrogens with zero attached hydrogens (tertiary/aromatic N) is 2. The van der Waals surface area contributed by atoms with Crippen LogP contribution in [0, 0.1) is 6.92 Å². The predicted octanol–water partition coefficient (Wildman–Crippen LogP) is 5.59. The van der Waals surface area contributed by atoms with Gasteiger partial charge in [-0.05, 0) is 42.1 Å². The highest BCUT2D eigenvalue weighted by Gasteiger charge is 2.23. The van der Waals surface area contributed by atoms with Gasteiger partial charge in [-0.2, -0.15) is 0 Å². The zero-order chi connectivity index (χ0) is 22.1. The Kier molecular flexibility index (Phi) is 3.60. The fourth-order valence-electron chi connectivity index (χ4n) is 4.56. The topological polar surface area (TPSA) is 98.2 Å². The molecule has 0 aliphatic rings. The van der Waals surface area contributed by atoms with Crippen LogP contribution in [0.15, 0.2) is 66.7 Å². The van der Waals surface area contributed by atoms with Gasteiger partial charge < -0.3 is 20.4 Å². The molecule has 0 unspecified atom stereocenters. The molecule has 6 rings (SSSR count). The zero-order valence-corrected chi connectivity index (χ0v) is 17.0. The Bertz CT molecular complexity index is 1700. The number of phenols is 4. The average molecular weight is 422 g/mol. The molecule has 0 aliphatic carbocycles. The van der Waals surface area contributed by atoms with Crippen molar-refractivity contribution in [1.29, 1.82) is 0 Å². The molecule has 156 valence electrons. The molecule has 0 atom stereocenters. The van der Waals surface area contributed by atoms with Crippen LogP contribution < -0.4 is 0 Å². The van der Waals surface area contributed by atoms with E-state index >= 15 is 0 Å². The van der Waals surface area contributed by atoms with Crippen molar-refractivity contribution in [2.24, 2.45) is 0 Å². The molecular formula is C26H18N2O4. The molecule has 0 amide bonds. The van der Waals surface area contributed by atoms with Crippen molar-refractivity contribution in [3.8, 4) is 34.1 Å². The molecule has 32 heavy (non-hydrogen) atoms. The fourth-order valence-corrected chi connectivity index (χ4v) is 4.56. The van der Waals surface area contributed by atoms with Crippen molar-refractivity contribution < 1.29 is 20.4 Å². The van der Waals surface area contributed by atoms with Crippen LogP contribution >= 0.6 is 0 Å². The Labute approximate surface area is 181 Å². The molecule has 6 aromatic rings. The largest absolute Gasteiger partial charge is 0.504 e. The van der Waals surface area contributed by atoms with E-state index in [-0.39, 0.29) is 11.1 Å². The van der Waals surface area contributed by atoms with Crippen LogP contribution in [-0.4, -0.2) is 29.8 Å². The van der Waals surface area contributed by atoms with Gasteiger partial charge in [-0.25, -0.2) is 4.98 Å². The van der Waals surface area contributed by atoms with Gasteiger partial charge in [0.2, 0.25) is 0 Å². The van der Waals surface area contributed by atoms with Crippen LogP contribution in [0.1, 0.15) is 5.56 Å². The van der Waals surface area contributed by atoms with Crippen LogP contribution in [0.25, 0.3) is 49.5 Å². The lowest BCUT2D eigenvalue weighted by molar-refractivity contribution is 0.371. The van der Waals surface area contributed by atoms with Gasteiger partial charge >= 0.3 is 0 Å². The summed E-state index contributed by atoms with van der Waals surface area (Å²) in [5, 5.41) is 44.4. The second kappa shape index (κ2) is 6.28. The Morgan fingerprint density at radius 1 is 0.656 bits per heavy atom. The second-order valence-corrected chi connectivity index (χ2v) is 7.93. The summed E-state index contributed by atoms with van der Waals surface area (Å²) in [5.74, 6) is -1.88. The molecular weight excluding hydrogens is 404 g/mol. The number of imidazole rings is 1. The number of aromatic nitrogens is 2. The molecule has 0 radical (unpaired) electrons. The lowest BCUT2D eigenvalue weighted by Crippen LogP contribution is -1.93. The van der Waals surface area contributed by atoms with Crippen molar-refractivity contribution in [3.63, 3.8) is 0 Å². The van der Waals surface area contributed by atoms with E-state index < -0.39 is 23.0 Å². The molecule has 0 saturated heterocycles. The van der Waals surface area contributed by atoms with E-state index in [9.17, 15) is 20.4 Å². The molecule has 0 bridgehead atoms. The maximum absolute atomic E-state index is 10.6. The highest BCUT2D eigenvalue weighted by atomic mass is 16.3. The molecule has 0 spiro atoms. The Hall–Kier alpha value is -4.45. The van der Waals surface area contributed by atoms with Crippen molar-refractivity contribution in [1.82, 2.24) is 9.38 Å². The maximum atomic E-state index is 10.6. The molecule has 2 aromatic heterocycles. The van der Waals surface area contributed by atoms with Crippen molar-refractivity contribution in [2.45, 2.75) is 6.92 Å². The molecule has 4 aromatic carbocycles. The first-order chi connectivity index (χ1) is 15.5. The zero-order valence-electron chi connectivity index (χ0n) is 17.0. The van der Waals surface area contributed by atoms with Gasteiger partial charge in [-0.15, -0.1) is 0 Å². The average Bonchev–Trinajstić information content (AvgIpc) is 3.22. The summed E-state index contributed by atoms with van der Waals surface area (Å²) >= 11 is 0. The van der Waals surface area contributed by atoms with Crippen LogP contribution in [0.4, 0.5) is 0 Å². The smallest absolute Gasteiger partial charge is 0.169 e. The van der Waals surface area contributed by atoms with Crippen LogP contribution in [0.5, 0.6) is 23.0 Å². The summed E-state index contributed by atoms with van der Waals surface area (Å²) in [7, 11) is 0. The number of hydrogen-bond acceptors (Lipinski definition) is 5. The minimum atomic E-state index is -0.476. The number of phenolic OH excluding ortho intramolecular Hbond substituents is 4. The maximum Gasteiger partial charge on any atom is 0.169 e. The lowest BCUT2D eigenvalue weighted by atomic mass is 9.96. The molecule has 0 aliphatic heterocycles. The van der Waals surface area contributed by atoms with Gasteiger partial charge in [0.25, 0.3) is 0 Å². The monoisotopic (exact) mass is 422 g/mol. The minimum absolute atomic E-state index is 0.0154. The van der Waals surface area contributed by atoms with Crippen LogP contribution in [-0.2, 0) is 0 Å². The van der Waals surface area contributed by atoms with Crippen molar-refractivity contribution in [2.75, 3.05) is 0 Å². The fraction of sp³-hybridized carbons (Fsp3) is 0.0385. The Balaban J connectivity index is 1.80. The number of benzene rings is 4. The predicted molar refractivity (Wildman–Crippen MR) is 125 cm³/mol. The van der Waals surface area contributed by atoms with E-state index in [0.29, 0.717) is 5.56 Å². The normalized spacial score (nSPS) is 11.8. The van der Waals surface area contributed by atoms with E-state index in [2.05, 4.69) is 4.40 Å². The first-order valence-corrected chi connectivity index (χ1v) is 10.2. The SMILES string of the molecule is Cc1c(O)c(O)c(-c2ccc3c(c2)c2ccccc2c2nc4ccccc4n32)c(O)c1O. The minimum Gasteiger partial charge on any atom is -0.504 e. The number of rotatable bonds is 1. The Morgan fingerprint density at radius 2 is 1.31 bits per heavy atom.